The van der Waals surface area contributed by atoms with Crippen LogP contribution in [0.25, 0.3) is 0 Å². The van der Waals surface area contributed by atoms with Gasteiger partial charge in [-0.2, -0.15) is 0 Å². The standard InChI is InChI=1S/C16H16Cl2N2O5/c1-19(7-9-2-3-11(17)12(18)6-9)15(24)10-8-20(5-4-13(21)22)16(25)14(10)23/h2-3,6,10H,4-5,7-8H2,1H3,(H,21,22). The van der Waals surface area contributed by atoms with Crippen LogP contribution in [0, 0.1) is 5.92 Å². The van der Waals surface area contributed by atoms with Crippen molar-refractivity contribution >= 4 is 46.8 Å². The second-order valence-corrected chi connectivity index (χ2v) is 6.57. The average Bonchev–Trinajstić information content (AvgIpc) is 2.83. The van der Waals surface area contributed by atoms with Crippen LogP contribution in [0.15, 0.2) is 18.2 Å². The number of carbonyl (C=O) groups excluding carboxylic acids is 3. The van der Waals surface area contributed by atoms with Crippen molar-refractivity contribution in [1.29, 1.82) is 0 Å². The van der Waals surface area contributed by atoms with E-state index in [2.05, 4.69) is 0 Å². The fourth-order valence-corrected chi connectivity index (χ4v) is 2.88. The number of ketones is 1. The lowest BCUT2D eigenvalue weighted by Gasteiger charge is -2.21. The minimum absolute atomic E-state index is 0.0970. The molecule has 1 aromatic carbocycles. The third kappa shape index (κ3) is 4.49. The van der Waals surface area contributed by atoms with Gasteiger partial charge < -0.3 is 14.9 Å². The van der Waals surface area contributed by atoms with Gasteiger partial charge in [0.05, 0.1) is 16.5 Å². The number of likely N-dealkylation sites (tertiary alicyclic amines) is 1. The van der Waals surface area contributed by atoms with Gasteiger partial charge in [-0.3, -0.25) is 19.2 Å². The Kier molecular flexibility index (Phi) is 6.02. The van der Waals surface area contributed by atoms with E-state index in [1.165, 1.54) is 11.9 Å². The molecular weight excluding hydrogens is 371 g/mol. The highest BCUT2D eigenvalue weighted by atomic mass is 35.5. The smallest absolute Gasteiger partial charge is 0.305 e. The molecule has 0 aromatic heterocycles. The molecule has 134 valence electrons. The maximum absolute atomic E-state index is 12.5. The largest absolute Gasteiger partial charge is 0.481 e. The molecule has 0 bridgehead atoms. The fourth-order valence-electron chi connectivity index (χ4n) is 2.56. The Hall–Kier alpha value is -2.12. The number of amides is 2. The van der Waals surface area contributed by atoms with Gasteiger partial charge in [0.25, 0.3) is 5.91 Å². The van der Waals surface area contributed by atoms with Crippen LogP contribution in [-0.2, 0) is 25.7 Å². The first kappa shape index (κ1) is 19.2. The van der Waals surface area contributed by atoms with Crippen LogP contribution < -0.4 is 0 Å². The Labute approximate surface area is 154 Å². The maximum Gasteiger partial charge on any atom is 0.305 e. The van der Waals surface area contributed by atoms with Gasteiger partial charge in [-0.15, -0.1) is 0 Å². The number of carbonyl (C=O) groups is 4. The number of hydrogen-bond acceptors (Lipinski definition) is 4. The number of halogens is 2. The molecule has 0 spiro atoms. The van der Waals surface area contributed by atoms with Gasteiger partial charge in [-0.1, -0.05) is 29.3 Å². The normalized spacial score (nSPS) is 17.1. The highest BCUT2D eigenvalue weighted by Crippen LogP contribution is 2.24. The van der Waals surface area contributed by atoms with E-state index in [9.17, 15) is 19.2 Å². The summed E-state index contributed by atoms with van der Waals surface area (Å²) >= 11 is 11.8. The zero-order valence-corrected chi connectivity index (χ0v) is 14.9. The van der Waals surface area contributed by atoms with Crippen LogP contribution in [0.4, 0.5) is 0 Å². The minimum atomic E-state index is -1.12. The van der Waals surface area contributed by atoms with Crippen LogP contribution >= 0.6 is 23.2 Å². The minimum Gasteiger partial charge on any atom is -0.481 e. The summed E-state index contributed by atoms with van der Waals surface area (Å²) in [5.74, 6) is -4.32. The summed E-state index contributed by atoms with van der Waals surface area (Å²) in [4.78, 5) is 49.4. The lowest BCUT2D eigenvalue weighted by Crippen LogP contribution is -2.36. The molecule has 1 saturated heterocycles. The molecule has 1 heterocycles. The Balaban J connectivity index is 2.03. The molecule has 1 unspecified atom stereocenters. The van der Waals surface area contributed by atoms with E-state index in [0.717, 1.165) is 10.5 Å². The van der Waals surface area contributed by atoms with Crippen molar-refractivity contribution in [2.75, 3.05) is 20.1 Å². The first-order valence-electron chi connectivity index (χ1n) is 7.44. The molecular formula is C16H16Cl2N2O5. The van der Waals surface area contributed by atoms with Gasteiger partial charge in [-0.25, -0.2) is 0 Å². The summed E-state index contributed by atoms with van der Waals surface area (Å²) in [5.41, 5.74) is 0.727. The van der Waals surface area contributed by atoms with Gasteiger partial charge in [0.15, 0.2) is 0 Å². The average molecular weight is 387 g/mol. The van der Waals surface area contributed by atoms with Gasteiger partial charge in [0.1, 0.15) is 5.92 Å². The van der Waals surface area contributed by atoms with Gasteiger partial charge >= 0.3 is 5.97 Å². The van der Waals surface area contributed by atoms with Crippen LogP contribution in [0.2, 0.25) is 10.0 Å². The summed E-state index contributed by atoms with van der Waals surface area (Å²) in [5, 5.41) is 9.42. The molecule has 25 heavy (non-hydrogen) atoms. The second kappa shape index (κ2) is 7.84. The third-order valence-corrected chi connectivity index (χ3v) is 4.63. The van der Waals surface area contributed by atoms with Crippen molar-refractivity contribution in [3.05, 3.63) is 33.8 Å². The summed E-state index contributed by atoms with van der Waals surface area (Å²) in [6.07, 6.45) is -0.279. The highest BCUT2D eigenvalue weighted by molar-refractivity contribution is 6.42. The molecule has 0 radical (unpaired) electrons. The Bertz CT molecular complexity index is 737. The van der Waals surface area contributed by atoms with E-state index in [-0.39, 0.29) is 26.1 Å². The number of aliphatic carboxylic acids is 1. The topological polar surface area (TPSA) is 95.0 Å². The van der Waals surface area contributed by atoms with Crippen molar-refractivity contribution in [3.63, 3.8) is 0 Å². The number of Topliss-reactive ketones (excluding diaryl/α,β-unsaturated/α-hetero) is 1. The van der Waals surface area contributed by atoms with E-state index in [4.69, 9.17) is 28.3 Å². The first-order chi connectivity index (χ1) is 11.7. The Morgan fingerprint density at radius 2 is 1.96 bits per heavy atom. The number of rotatable bonds is 6. The van der Waals surface area contributed by atoms with Crippen molar-refractivity contribution in [3.8, 4) is 0 Å². The lowest BCUT2D eigenvalue weighted by atomic mass is 10.1. The van der Waals surface area contributed by atoms with Crippen LogP contribution in [0.3, 0.4) is 0 Å². The quantitative estimate of drug-likeness (QED) is 0.589. The third-order valence-electron chi connectivity index (χ3n) is 3.89. The predicted octanol–water partition coefficient (Wildman–Crippen LogP) is 1.45. The van der Waals surface area contributed by atoms with Crippen molar-refractivity contribution in [2.45, 2.75) is 13.0 Å². The molecule has 1 N–H and O–H groups in total. The summed E-state index contributed by atoms with van der Waals surface area (Å²) in [7, 11) is 1.52. The van der Waals surface area contributed by atoms with Crippen molar-refractivity contribution in [1.82, 2.24) is 9.80 Å². The number of hydrogen-bond donors (Lipinski definition) is 1. The van der Waals surface area contributed by atoms with Crippen LogP contribution in [-0.4, -0.2) is 58.6 Å². The van der Waals surface area contributed by atoms with E-state index in [1.54, 1.807) is 18.2 Å². The van der Waals surface area contributed by atoms with Crippen molar-refractivity contribution < 1.29 is 24.3 Å². The molecule has 2 amide bonds. The molecule has 7 nitrogen and oxygen atoms in total. The highest BCUT2D eigenvalue weighted by Gasteiger charge is 2.44. The fraction of sp³-hybridized carbons (Fsp3) is 0.375. The van der Waals surface area contributed by atoms with E-state index < -0.39 is 29.5 Å². The summed E-state index contributed by atoms with van der Waals surface area (Å²) in [6, 6.07) is 4.93. The summed E-state index contributed by atoms with van der Waals surface area (Å²) in [6.45, 7) is -0.00148. The van der Waals surface area contributed by atoms with Gasteiger partial charge in [0, 0.05) is 26.7 Å². The number of nitrogens with zero attached hydrogens (tertiary/aromatic N) is 2. The molecule has 1 atom stereocenters. The number of carboxylic acids is 1. The molecule has 1 fully saturated rings. The van der Waals surface area contributed by atoms with Gasteiger partial charge in [0.2, 0.25) is 11.7 Å². The number of benzene rings is 1. The Morgan fingerprint density at radius 1 is 1.28 bits per heavy atom. The maximum atomic E-state index is 12.5. The van der Waals surface area contributed by atoms with Crippen LogP contribution in [0.5, 0.6) is 0 Å². The molecule has 2 rings (SSSR count). The van der Waals surface area contributed by atoms with E-state index >= 15 is 0 Å². The SMILES string of the molecule is CN(Cc1ccc(Cl)c(Cl)c1)C(=O)C1CN(CCC(=O)O)C(=O)C1=O. The predicted molar refractivity (Wildman–Crippen MR) is 90.3 cm³/mol. The first-order valence-corrected chi connectivity index (χ1v) is 8.20. The molecule has 0 aliphatic carbocycles. The van der Waals surface area contributed by atoms with Gasteiger partial charge in [-0.05, 0) is 17.7 Å². The molecule has 1 aliphatic heterocycles. The monoisotopic (exact) mass is 386 g/mol. The van der Waals surface area contributed by atoms with E-state index in [1.807, 2.05) is 0 Å². The zero-order chi connectivity index (χ0) is 18.7. The molecule has 1 aromatic rings. The molecule has 9 heteroatoms. The molecule has 0 saturated carbocycles. The van der Waals surface area contributed by atoms with Crippen LogP contribution in [0.1, 0.15) is 12.0 Å². The van der Waals surface area contributed by atoms with E-state index in [0.29, 0.717) is 10.0 Å². The molecule has 1 aliphatic rings. The number of carboxylic acid groups (broad SMARTS) is 1. The van der Waals surface area contributed by atoms with Crippen molar-refractivity contribution in [2.24, 2.45) is 5.92 Å². The Morgan fingerprint density at radius 3 is 2.56 bits per heavy atom. The zero-order valence-electron chi connectivity index (χ0n) is 13.4. The second-order valence-electron chi connectivity index (χ2n) is 5.75. The lowest BCUT2D eigenvalue weighted by molar-refractivity contribution is -0.145. The summed E-state index contributed by atoms with van der Waals surface area (Å²) < 4.78 is 0.